The van der Waals surface area contributed by atoms with Crippen molar-refractivity contribution in [2.24, 2.45) is 0 Å². The van der Waals surface area contributed by atoms with Crippen LogP contribution in [0.5, 0.6) is 0 Å². The van der Waals surface area contributed by atoms with Crippen LogP contribution in [0.15, 0.2) is 44.5 Å². The number of nitrogens with zero attached hydrogens (tertiary/aromatic N) is 2. The molecule has 12 heteroatoms. The number of sulfone groups is 1. The highest BCUT2D eigenvalue weighted by Gasteiger charge is 2.46. The Bertz CT molecular complexity index is 1120. The van der Waals surface area contributed by atoms with Gasteiger partial charge in [0, 0.05) is 6.07 Å². The summed E-state index contributed by atoms with van der Waals surface area (Å²) < 4.78 is 79.3. The number of fused-ring (bicyclic) bond motifs is 1. The summed E-state index contributed by atoms with van der Waals surface area (Å²) in [6.07, 6.45) is 0. The second-order valence-electron chi connectivity index (χ2n) is 5.25. The fraction of sp³-hybridized carbons (Fsp3) is 0.200. The van der Waals surface area contributed by atoms with Gasteiger partial charge in [0.25, 0.3) is 0 Å². The lowest BCUT2D eigenvalue weighted by Crippen LogP contribution is -2.23. The molecule has 27 heavy (non-hydrogen) atoms. The number of benzene rings is 1. The van der Waals surface area contributed by atoms with Gasteiger partial charge in [-0.25, -0.2) is 18.4 Å². The first-order valence-electron chi connectivity index (χ1n) is 7.32. The summed E-state index contributed by atoms with van der Waals surface area (Å²) in [5, 5.41) is -0.0128. The molecule has 3 aromatic rings. The van der Waals surface area contributed by atoms with Crippen molar-refractivity contribution in [3.05, 3.63) is 35.5 Å². The molecule has 0 aliphatic rings. The zero-order chi connectivity index (χ0) is 20.0. The van der Waals surface area contributed by atoms with Gasteiger partial charge in [-0.2, -0.15) is 0 Å². The van der Waals surface area contributed by atoms with Crippen LogP contribution in [0.1, 0.15) is 6.92 Å². The highest BCUT2D eigenvalue weighted by atomic mass is 35.5. The average Bonchev–Trinajstić information content (AvgIpc) is 3.03. The number of aromatic nitrogens is 2. The van der Waals surface area contributed by atoms with Crippen LogP contribution in [0.25, 0.3) is 22.7 Å². The van der Waals surface area contributed by atoms with E-state index in [1.165, 1.54) is 25.1 Å². The summed E-state index contributed by atoms with van der Waals surface area (Å²) in [5.41, 5.74) is -5.02. The SMILES string of the molecule is CCS(=O)(=O)c1ccc(Cl)nc1-c1nc2cc([S+]([O-])C(F)(F)F)ccc2o1. The first kappa shape index (κ1) is 19.9. The van der Waals surface area contributed by atoms with Crippen molar-refractivity contribution in [2.75, 3.05) is 5.75 Å². The summed E-state index contributed by atoms with van der Waals surface area (Å²) in [6.45, 7) is 1.44. The van der Waals surface area contributed by atoms with Crippen molar-refractivity contribution >= 4 is 43.7 Å². The van der Waals surface area contributed by atoms with Crippen LogP contribution < -0.4 is 0 Å². The molecule has 0 saturated heterocycles. The molecule has 2 heterocycles. The Kier molecular flexibility index (Phi) is 5.14. The normalized spacial score (nSPS) is 13.9. The number of halogens is 4. The Balaban J connectivity index is 2.16. The minimum absolute atomic E-state index is 0.0128. The van der Waals surface area contributed by atoms with Crippen LogP contribution in [0.2, 0.25) is 5.15 Å². The molecule has 0 amide bonds. The van der Waals surface area contributed by atoms with Gasteiger partial charge in [0.2, 0.25) is 5.89 Å². The first-order chi connectivity index (χ1) is 12.5. The molecule has 144 valence electrons. The maximum Gasteiger partial charge on any atom is 0.578 e. The summed E-state index contributed by atoms with van der Waals surface area (Å²) in [6, 6.07) is 5.67. The third kappa shape index (κ3) is 3.91. The smallest absolute Gasteiger partial charge is 0.578 e. The molecule has 0 spiro atoms. The number of alkyl halides is 3. The van der Waals surface area contributed by atoms with E-state index in [1.807, 2.05) is 0 Å². The van der Waals surface area contributed by atoms with E-state index in [0.717, 1.165) is 12.1 Å². The quantitative estimate of drug-likeness (QED) is 0.452. The predicted octanol–water partition coefficient (Wildman–Crippen LogP) is 3.96. The Morgan fingerprint density at radius 3 is 2.56 bits per heavy atom. The standard InChI is InChI=1S/C15H10ClF3N2O4S2/c1-2-27(23,24)11-5-6-12(16)21-13(11)14-20-9-7-8(3-4-10(9)25-14)26(22)15(17,18)19/h3-7H,2H2,1H3. The summed E-state index contributed by atoms with van der Waals surface area (Å²) in [7, 11) is -3.69. The summed E-state index contributed by atoms with van der Waals surface area (Å²) in [4.78, 5) is 7.27. The largest absolute Gasteiger partial charge is 0.604 e. The molecule has 3 rings (SSSR count). The van der Waals surface area contributed by atoms with Crippen LogP contribution in [-0.2, 0) is 21.0 Å². The predicted molar refractivity (Wildman–Crippen MR) is 92.4 cm³/mol. The van der Waals surface area contributed by atoms with Gasteiger partial charge in [0.15, 0.2) is 20.3 Å². The minimum atomic E-state index is -4.92. The molecule has 0 aliphatic carbocycles. The van der Waals surface area contributed by atoms with E-state index in [2.05, 4.69) is 9.97 Å². The van der Waals surface area contributed by atoms with Gasteiger partial charge in [-0.1, -0.05) is 18.5 Å². The van der Waals surface area contributed by atoms with E-state index in [9.17, 15) is 26.1 Å². The highest BCUT2D eigenvalue weighted by Crippen LogP contribution is 2.34. The van der Waals surface area contributed by atoms with Gasteiger partial charge in [-0.3, -0.25) is 0 Å². The second kappa shape index (κ2) is 6.97. The van der Waals surface area contributed by atoms with E-state index in [4.69, 9.17) is 16.0 Å². The monoisotopic (exact) mass is 438 g/mol. The Hall–Kier alpha value is -1.82. The van der Waals surface area contributed by atoms with Crippen molar-refractivity contribution in [3.8, 4) is 11.6 Å². The van der Waals surface area contributed by atoms with Crippen LogP contribution in [0, 0.1) is 0 Å². The lowest BCUT2D eigenvalue weighted by molar-refractivity contribution is -0.0435. The molecule has 1 aromatic carbocycles. The molecule has 1 atom stereocenters. The summed E-state index contributed by atoms with van der Waals surface area (Å²) in [5.74, 6) is -0.437. The first-order valence-corrected chi connectivity index (χ1v) is 10.5. The number of hydrogen-bond donors (Lipinski definition) is 0. The minimum Gasteiger partial charge on any atom is -0.604 e. The number of pyridine rings is 1. The summed E-state index contributed by atoms with van der Waals surface area (Å²) >= 11 is 2.61. The van der Waals surface area contributed by atoms with Crippen LogP contribution in [-0.4, -0.2) is 34.2 Å². The van der Waals surface area contributed by atoms with Gasteiger partial charge in [0.05, 0.1) is 21.8 Å². The van der Waals surface area contributed by atoms with Crippen molar-refractivity contribution in [3.63, 3.8) is 0 Å². The Morgan fingerprint density at radius 1 is 1.22 bits per heavy atom. The van der Waals surface area contributed by atoms with Crippen molar-refractivity contribution in [2.45, 2.75) is 22.2 Å². The van der Waals surface area contributed by atoms with E-state index in [-0.39, 0.29) is 38.5 Å². The lowest BCUT2D eigenvalue weighted by atomic mass is 10.3. The maximum atomic E-state index is 12.6. The molecule has 0 N–H and O–H groups in total. The molecular weight excluding hydrogens is 429 g/mol. The van der Waals surface area contributed by atoms with Gasteiger partial charge >= 0.3 is 5.51 Å². The van der Waals surface area contributed by atoms with Gasteiger partial charge in [0.1, 0.15) is 16.4 Å². The van der Waals surface area contributed by atoms with Crippen LogP contribution in [0.3, 0.4) is 0 Å². The van der Waals surface area contributed by atoms with E-state index in [1.54, 1.807) is 0 Å². The third-order valence-corrected chi connectivity index (χ3v) is 6.60. The fourth-order valence-corrected chi connectivity index (χ4v) is 4.08. The van der Waals surface area contributed by atoms with Gasteiger partial charge in [-0.05, 0) is 24.3 Å². The topological polar surface area (TPSA) is 96.1 Å². The third-order valence-electron chi connectivity index (χ3n) is 3.53. The van der Waals surface area contributed by atoms with Crippen molar-refractivity contribution in [1.82, 2.24) is 9.97 Å². The van der Waals surface area contributed by atoms with Crippen LogP contribution >= 0.6 is 11.6 Å². The molecule has 0 bridgehead atoms. The van der Waals surface area contributed by atoms with Crippen molar-refractivity contribution in [1.29, 1.82) is 0 Å². The molecule has 6 nitrogen and oxygen atoms in total. The van der Waals surface area contributed by atoms with E-state index < -0.39 is 31.4 Å². The zero-order valence-corrected chi connectivity index (χ0v) is 15.8. The number of hydrogen-bond acceptors (Lipinski definition) is 6. The second-order valence-corrected chi connectivity index (χ2v) is 9.35. The fourth-order valence-electron chi connectivity index (χ4n) is 2.24. The molecule has 1 unspecified atom stereocenters. The Labute approximate surface area is 159 Å². The zero-order valence-electron chi connectivity index (χ0n) is 13.4. The molecular formula is C15H10ClF3N2O4S2. The lowest BCUT2D eigenvalue weighted by Gasteiger charge is -2.11. The molecule has 0 saturated carbocycles. The molecule has 2 aromatic heterocycles. The molecule has 0 aliphatic heterocycles. The molecule has 0 radical (unpaired) electrons. The Morgan fingerprint density at radius 2 is 1.93 bits per heavy atom. The van der Waals surface area contributed by atoms with E-state index >= 15 is 0 Å². The number of oxazole rings is 1. The van der Waals surface area contributed by atoms with E-state index in [0.29, 0.717) is 0 Å². The van der Waals surface area contributed by atoms with Crippen LogP contribution in [0.4, 0.5) is 13.2 Å². The maximum absolute atomic E-state index is 12.6. The number of rotatable bonds is 4. The van der Waals surface area contributed by atoms with Crippen molar-refractivity contribution < 1.29 is 30.6 Å². The van der Waals surface area contributed by atoms with Gasteiger partial charge in [-0.15, -0.1) is 13.2 Å². The highest BCUT2D eigenvalue weighted by molar-refractivity contribution is 7.92. The average molecular weight is 439 g/mol. The molecule has 0 fully saturated rings. The van der Waals surface area contributed by atoms with Gasteiger partial charge < -0.3 is 8.97 Å².